The first-order chi connectivity index (χ1) is 16.8. The smallest absolute Gasteiger partial charge is 0.167 e. The predicted molar refractivity (Wildman–Crippen MR) is 138 cm³/mol. The average molecular weight is 531 g/mol. The number of hydrogen-bond acceptors (Lipinski definition) is 8. The number of nitrogens with one attached hydrogen (secondary N) is 1. The topological polar surface area (TPSA) is 112 Å². The Hall–Kier alpha value is -3.06. The van der Waals surface area contributed by atoms with Gasteiger partial charge in [0.05, 0.1) is 21.3 Å². The number of ether oxygens (including phenoxy) is 1. The number of halogens is 3. The Kier molecular flexibility index (Phi) is 7.65. The first kappa shape index (κ1) is 25.0. The first-order valence-electron chi connectivity index (χ1n) is 10.5. The van der Waals surface area contributed by atoms with Crippen molar-refractivity contribution >= 4 is 52.2 Å². The van der Waals surface area contributed by atoms with Crippen molar-refractivity contribution < 1.29 is 9.13 Å². The van der Waals surface area contributed by atoms with Crippen LogP contribution in [-0.2, 0) is 6.61 Å². The average Bonchev–Trinajstić information content (AvgIpc) is 2.81. The monoisotopic (exact) mass is 530 g/mol. The zero-order valence-corrected chi connectivity index (χ0v) is 21.0. The van der Waals surface area contributed by atoms with Crippen LogP contribution in [0.4, 0.5) is 15.9 Å². The molecule has 1 aliphatic heterocycles. The number of nitrogens with zero attached hydrogens (tertiary/aromatic N) is 4. The summed E-state index contributed by atoms with van der Waals surface area (Å²) < 4.78 is 20.2. The molecule has 0 aliphatic carbocycles. The summed E-state index contributed by atoms with van der Waals surface area (Å²) in [6.07, 6.45) is 6.43. The van der Waals surface area contributed by atoms with E-state index in [1.165, 1.54) is 24.7 Å². The van der Waals surface area contributed by atoms with Crippen LogP contribution < -0.4 is 15.4 Å². The van der Waals surface area contributed by atoms with Crippen molar-refractivity contribution in [1.29, 1.82) is 10.7 Å². The lowest BCUT2D eigenvalue weighted by Gasteiger charge is -2.40. The van der Waals surface area contributed by atoms with Crippen molar-refractivity contribution in [3.8, 4) is 11.8 Å². The van der Waals surface area contributed by atoms with Gasteiger partial charge in [-0.1, -0.05) is 23.2 Å². The maximum absolute atomic E-state index is 14.6. The van der Waals surface area contributed by atoms with Gasteiger partial charge in [-0.05, 0) is 24.1 Å². The highest BCUT2D eigenvalue weighted by Gasteiger charge is 2.29. The van der Waals surface area contributed by atoms with Crippen molar-refractivity contribution in [2.75, 3.05) is 35.7 Å². The standard InChI is InChI=1S/C24H21Cl2FN6OS/c1-35-12-13-9-33(10-13)24-14(5-28)2-15(6-32-24)23(30)16-3-22(20(27)4-21(16)29)34-11-17-18(25)7-31-8-19(17)26/h2-4,6-8,13,30H,9-12,29H2,1H3. The van der Waals surface area contributed by atoms with E-state index in [4.69, 9.17) is 39.1 Å². The molecule has 11 heteroatoms. The Morgan fingerprint density at radius 3 is 2.66 bits per heavy atom. The minimum Gasteiger partial charge on any atom is -0.486 e. The Bertz CT molecular complexity index is 1310. The van der Waals surface area contributed by atoms with E-state index in [0.717, 1.165) is 24.9 Å². The Balaban J connectivity index is 1.57. The molecule has 0 bridgehead atoms. The van der Waals surface area contributed by atoms with Crippen LogP contribution in [0.25, 0.3) is 0 Å². The van der Waals surface area contributed by atoms with E-state index in [9.17, 15) is 9.65 Å². The second-order valence-corrected chi connectivity index (χ2v) is 9.77. The Labute approximate surface area is 216 Å². The molecule has 1 fully saturated rings. The first-order valence-corrected chi connectivity index (χ1v) is 12.7. The zero-order chi connectivity index (χ0) is 25.1. The van der Waals surface area contributed by atoms with Crippen LogP contribution in [0.15, 0.2) is 36.8 Å². The van der Waals surface area contributed by atoms with E-state index in [1.807, 2.05) is 0 Å². The van der Waals surface area contributed by atoms with Crippen LogP contribution in [-0.4, -0.2) is 40.8 Å². The van der Waals surface area contributed by atoms with Gasteiger partial charge >= 0.3 is 0 Å². The van der Waals surface area contributed by atoms with E-state index in [-0.39, 0.29) is 29.3 Å². The van der Waals surface area contributed by atoms with Crippen molar-refractivity contribution in [2.24, 2.45) is 5.92 Å². The van der Waals surface area contributed by atoms with Gasteiger partial charge in [0.1, 0.15) is 18.5 Å². The van der Waals surface area contributed by atoms with Crippen LogP contribution in [0.2, 0.25) is 10.0 Å². The van der Waals surface area contributed by atoms with Crippen LogP contribution in [0.1, 0.15) is 22.3 Å². The van der Waals surface area contributed by atoms with Gasteiger partial charge in [0, 0.05) is 66.0 Å². The third-order valence-corrected chi connectivity index (χ3v) is 7.09. The normalized spacial score (nSPS) is 13.3. The second-order valence-electron chi connectivity index (χ2n) is 8.05. The van der Waals surface area contributed by atoms with E-state index >= 15 is 0 Å². The molecule has 3 N–H and O–H groups in total. The summed E-state index contributed by atoms with van der Waals surface area (Å²) in [7, 11) is 0. The van der Waals surface area contributed by atoms with Crippen LogP contribution in [0.5, 0.6) is 5.75 Å². The number of nitrogens with two attached hydrogens (primary N) is 1. The molecule has 0 unspecified atom stereocenters. The zero-order valence-electron chi connectivity index (χ0n) is 18.7. The molecule has 0 amide bonds. The third kappa shape index (κ3) is 5.30. The van der Waals surface area contributed by atoms with E-state index in [1.54, 1.807) is 17.8 Å². The number of pyridine rings is 2. The van der Waals surface area contributed by atoms with Crippen molar-refractivity contribution in [2.45, 2.75) is 6.61 Å². The Morgan fingerprint density at radius 2 is 2.00 bits per heavy atom. The van der Waals surface area contributed by atoms with Gasteiger partial charge in [-0.3, -0.25) is 10.4 Å². The Morgan fingerprint density at radius 1 is 1.29 bits per heavy atom. The van der Waals surface area contributed by atoms with Crippen molar-refractivity contribution in [1.82, 2.24) is 9.97 Å². The van der Waals surface area contributed by atoms with E-state index < -0.39 is 5.82 Å². The van der Waals surface area contributed by atoms with E-state index in [2.05, 4.69) is 27.2 Å². The van der Waals surface area contributed by atoms with E-state index in [0.29, 0.717) is 38.5 Å². The molecule has 0 spiro atoms. The number of aromatic nitrogens is 2. The minimum absolute atomic E-state index is 0.00764. The molecule has 0 radical (unpaired) electrons. The molecule has 1 aromatic carbocycles. The van der Waals surface area contributed by atoms with Gasteiger partial charge in [-0.25, -0.2) is 9.37 Å². The highest BCUT2D eigenvalue weighted by molar-refractivity contribution is 7.98. The maximum atomic E-state index is 14.6. The second kappa shape index (κ2) is 10.7. The molecule has 0 atom stereocenters. The van der Waals surface area contributed by atoms with Crippen molar-refractivity contribution in [3.05, 3.63) is 74.9 Å². The fourth-order valence-electron chi connectivity index (χ4n) is 3.79. The minimum atomic E-state index is -0.691. The summed E-state index contributed by atoms with van der Waals surface area (Å²) in [4.78, 5) is 10.4. The van der Waals surface area contributed by atoms with Crippen molar-refractivity contribution in [3.63, 3.8) is 0 Å². The van der Waals surface area contributed by atoms with Gasteiger partial charge in [0.25, 0.3) is 0 Å². The van der Waals surface area contributed by atoms with Gasteiger partial charge < -0.3 is 15.4 Å². The molecule has 1 saturated heterocycles. The maximum Gasteiger partial charge on any atom is 0.167 e. The molecule has 7 nitrogen and oxygen atoms in total. The SMILES string of the molecule is CSCC1CN(c2ncc(C(=N)c3cc(OCc4c(Cl)cncc4Cl)c(F)cc3N)cc2C#N)C1. The number of thioether (sulfide) groups is 1. The number of anilines is 2. The highest BCUT2D eigenvalue weighted by Crippen LogP contribution is 2.31. The number of benzene rings is 1. The fourth-order valence-corrected chi connectivity index (χ4v) is 4.95. The van der Waals surface area contributed by atoms with Gasteiger partial charge in [0.2, 0.25) is 0 Å². The molecular weight excluding hydrogens is 510 g/mol. The number of hydrogen-bond donors (Lipinski definition) is 2. The van der Waals surface area contributed by atoms with Crippen LogP contribution in [0.3, 0.4) is 0 Å². The third-order valence-electron chi connectivity index (χ3n) is 5.63. The molecule has 35 heavy (non-hydrogen) atoms. The summed E-state index contributed by atoms with van der Waals surface area (Å²) in [6, 6.07) is 6.21. The van der Waals surface area contributed by atoms with Gasteiger partial charge in [0.15, 0.2) is 11.6 Å². The fraction of sp³-hybridized carbons (Fsp3) is 0.250. The summed E-state index contributed by atoms with van der Waals surface area (Å²) >= 11 is 14.0. The molecular formula is C24H21Cl2FN6OS. The van der Waals surface area contributed by atoms with Gasteiger partial charge in [-0.2, -0.15) is 17.0 Å². The lowest BCUT2D eigenvalue weighted by Crippen LogP contribution is -2.48. The predicted octanol–water partition coefficient (Wildman–Crippen LogP) is 5.17. The highest BCUT2D eigenvalue weighted by atomic mass is 35.5. The number of rotatable bonds is 8. The lowest BCUT2D eigenvalue weighted by atomic mass is 9.98. The molecule has 3 heterocycles. The van der Waals surface area contributed by atoms with Gasteiger partial charge in [-0.15, -0.1) is 0 Å². The summed E-state index contributed by atoms with van der Waals surface area (Å²) in [6.45, 7) is 1.59. The molecule has 1 aliphatic rings. The largest absolute Gasteiger partial charge is 0.486 e. The molecule has 0 saturated carbocycles. The molecule has 3 aromatic rings. The van der Waals surface area contributed by atoms with Crippen LogP contribution in [0, 0.1) is 28.5 Å². The molecule has 4 rings (SSSR count). The molecule has 180 valence electrons. The summed E-state index contributed by atoms with van der Waals surface area (Å²) in [5.41, 5.74) is 7.54. The number of nitrogen functional groups attached to an aromatic ring is 1. The molecule has 2 aromatic heterocycles. The quantitative estimate of drug-likeness (QED) is 0.305. The van der Waals surface area contributed by atoms with Crippen LogP contribution >= 0.6 is 35.0 Å². The number of nitriles is 1. The summed E-state index contributed by atoms with van der Waals surface area (Å²) in [5.74, 6) is 1.43. The summed E-state index contributed by atoms with van der Waals surface area (Å²) in [5, 5.41) is 18.9. The lowest BCUT2D eigenvalue weighted by molar-refractivity contribution is 0.290.